The van der Waals surface area contributed by atoms with Gasteiger partial charge in [-0.15, -0.1) is 0 Å². The van der Waals surface area contributed by atoms with Crippen molar-refractivity contribution in [1.82, 2.24) is 5.32 Å². The first-order chi connectivity index (χ1) is 6.81. The van der Waals surface area contributed by atoms with E-state index >= 15 is 0 Å². The Labute approximate surface area is 85.7 Å². The molecule has 1 aliphatic rings. The molecule has 1 atom stereocenters. The van der Waals surface area contributed by atoms with Gasteiger partial charge < -0.3 is 5.32 Å². The van der Waals surface area contributed by atoms with Crippen LogP contribution in [0.5, 0.6) is 0 Å². The number of nitrogens with zero attached hydrogens (tertiary/aromatic N) is 1. The lowest BCUT2D eigenvalue weighted by molar-refractivity contribution is 0.691. The fourth-order valence-electron chi connectivity index (χ4n) is 1.41. The fourth-order valence-corrected chi connectivity index (χ4v) is 2.33. The molecule has 1 unspecified atom stereocenters. The van der Waals surface area contributed by atoms with E-state index < -0.39 is 10.8 Å². The van der Waals surface area contributed by atoms with Crippen LogP contribution in [-0.2, 0) is 17.2 Å². The minimum absolute atomic E-state index is 0.844. The first kappa shape index (κ1) is 9.55. The van der Waals surface area contributed by atoms with Gasteiger partial charge in [0.2, 0.25) is 0 Å². The van der Waals surface area contributed by atoms with Gasteiger partial charge >= 0.3 is 0 Å². The SMILES string of the molecule is CNCCc1ccc2c(c1)S(=O)C=N2. The smallest absolute Gasteiger partial charge is 0.0984 e. The molecule has 0 saturated heterocycles. The van der Waals surface area contributed by atoms with Gasteiger partial charge in [0.15, 0.2) is 0 Å². The molecule has 0 aliphatic carbocycles. The van der Waals surface area contributed by atoms with Crippen molar-refractivity contribution in [2.24, 2.45) is 4.99 Å². The maximum Gasteiger partial charge on any atom is 0.0984 e. The number of hydrogen-bond acceptors (Lipinski definition) is 3. The summed E-state index contributed by atoms with van der Waals surface area (Å²) in [5.74, 6) is 0. The van der Waals surface area contributed by atoms with Gasteiger partial charge in [0.25, 0.3) is 0 Å². The molecule has 0 radical (unpaired) electrons. The van der Waals surface area contributed by atoms with Crippen molar-refractivity contribution in [3.05, 3.63) is 23.8 Å². The van der Waals surface area contributed by atoms with E-state index in [1.54, 1.807) is 0 Å². The topological polar surface area (TPSA) is 41.5 Å². The molecule has 0 bridgehead atoms. The summed E-state index contributed by atoms with van der Waals surface area (Å²) < 4.78 is 11.4. The van der Waals surface area contributed by atoms with Crippen LogP contribution < -0.4 is 5.32 Å². The molecule has 0 fully saturated rings. The molecule has 1 heterocycles. The third-order valence-electron chi connectivity index (χ3n) is 2.19. The largest absolute Gasteiger partial charge is 0.319 e. The number of nitrogens with one attached hydrogen (secondary N) is 1. The summed E-state index contributed by atoms with van der Waals surface area (Å²) in [6.45, 7) is 0.937. The third kappa shape index (κ3) is 1.76. The Morgan fingerprint density at radius 3 is 3.14 bits per heavy atom. The van der Waals surface area contributed by atoms with Crippen LogP contribution in [0.3, 0.4) is 0 Å². The third-order valence-corrected chi connectivity index (χ3v) is 3.25. The van der Waals surface area contributed by atoms with Crippen LogP contribution >= 0.6 is 0 Å². The van der Waals surface area contributed by atoms with E-state index in [1.165, 1.54) is 11.1 Å². The standard InChI is InChI=1S/C10H12N2OS/c1-11-5-4-8-2-3-9-10(6-8)14(13)7-12-9/h2-3,6-7,11H,4-5H2,1H3. The normalized spacial score (nSPS) is 18.5. The molecule has 0 spiro atoms. The van der Waals surface area contributed by atoms with E-state index in [0.717, 1.165) is 23.5 Å². The summed E-state index contributed by atoms with van der Waals surface area (Å²) in [5, 5.41) is 3.09. The fraction of sp³-hybridized carbons (Fsp3) is 0.300. The van der Waals surface area contributed by atoms with Gasteiger partial charge in [-0.3, -0.25) is 0 Å². The highest BCUT2D eigenvalue weighted by Crippen LogP contribution is 2.28. The number of likely N-dealkylation sites (N-methyl/N-ethyl adjacent to an activating group) is 1. The summed E-state index contributed by atoms with van der Waals surface area (Å²) in [6.07, 6.45) is 0.959. The minimum Gasteiger partial charge on any atom is -0.319 e. The second-order valence-electron chi connectivity index (χ2n) is 3.19. The second-order valence-corrected chi connectivity index (χ2v) is 4.43. The highest BCUT2D eigenvalue weighted by atomic mass is 32.2. The Balaban J connectivity index is 2.24. The van der Waals surface area contributed by atoms with E-state index in [0.29, 0.717) is 0 Å². The molecule has 0 aromatic heterocycles. The molecule has 4 heteroatoms. The van der Waals surface area contributed by atoms with Crippen molar-refractivity contribution >= 4 is 22.0 Å². The summed E-state index contributed by atoms with van der Waals surface area (Å²) in [4.78, 5) is 4.91. The van der Waals surface area contributed by atoms with Crippen LogP contribution in [0, 0.1) is 0 Å². The summed E-state index contributed by atoms with van der Waals surface area (Å²) >= 11 is 0. The molecule has 1 aromatic carbocycles. The van der Waals surface area contributed by atoms with Crippen LogP contribution in [0.4, 0.5) is 5.69 Å². The molecule has 74 valence electrons. The average Bonchev–Trinajstić information content (AvgIpc) is 2.57. The lowest BCUT2D eigenvalue weighted by Crippen LogP contribution is -2.10. The van der Waals surface area contributed by atoms with Crippen molar-refractivity contribution in [2.45, 2.75) is 11.3 Å². The Morgan fingerprint density at radius 2 is 2.36 bits per heavy atom. The highest BCUT2D eigenvalue weighted by Gasteiger charge is 2.13. The lowest BCUT2D eigenvalue weighted by atomic mass is 10.1. The zero-order valence-corrected chi connectivity index (χ0v) is 8.80. The van der Waals surface area contributed by atoms with Crippen LogP contribution in [0.2, 0.25) is 0 Å². The van der Waals surface area contributed by atoms with E-state index in [4.69, 9.17) is 0 Å². The Morgan fingerprint density at radius 1 is 1.50 bits per heavy atom. The van der Waals surface area contributed by atoms with Gasteiger partial charge in [0.05, 0.1) is 26.9 Å². The van der Waals surface area contributed by atoms with Crippen molar-refractivity contribution in [3.63, 3.8) is 0 Å². The van der Waals surface area contributed by atoms with Gasteiger partial charge in [-0.1, -0.05) is 6.07 Å². The predicted octanol–water partition coefficient (Wildman–Crippen LogP) is 1.23. The van der Waals surface area contributed by atoms with Crippen LogP contribution in [0.25, 0.3) is 0 Å². The van der Waals surface area contributed by atoms with E-state index in [1.807, 2.05) is 25.2 Å². The quantitative estimate of drug-likeness (QED) is 0.811. The summed E-state index contributed by atoms with van der Waals surface area (Å²) in [6, 6.07) is 5.95. The van der Waals surface area contributed by atoms with Gasteiger partial charge in [-0.25, -0.2) is 9.20 Å². The molecule has 1 aliphatic heterocycles. The molecule has 14 heavy (non-hydrogen) atoms. The second kappa shape index (κ2) is 4.02. The van der Waals surface area contributed by atoms with Crippen LogP contribution in [0.1, 0.15) is 5.56 Å². The maximum absolute atomic E-state index is 11.4. The molecule has 2 rings (SSSR count). The minimum atomic E-state index is -1.03. The molecule has 1 N–H and O–H groups in total. The first-order valence-corrected chi connectivity index (χ1v) is 5.75. The zero-order chi connectivity index (χ0) is 9.97. The van der Waals surface area contributed by atoms with E-state index in [2.05, 4.69) is 10.3 Å². The average molecular weight is 208 g/mol. The number of hydrogen-bond donors (Lipinski definition) is 1. The summed E-state index contributed by atoms with van der Waals surface area (Å²) in [7, 11) is 0.900. The molecule has 0 amide bonds. The van der Waals surface area contributed by atoms with Gasteiger partial charge in [-0.05, 0) is 37.7 Å². The highest BCUT2D eigenvalue weighted by molar-refractivity contribution is 7.99. The monoisotopic (exact) mass is 208 g/mol. The van der Waals surface area contributed by atoms with Crippen molar-refractivity contribution in [2.75, 3.05) is 13.6 Å². The molecule has 1 aromatic rings. The lowest BCUT2D eigenvalue weighted by Gasteiger charge is -2.02. The predicted molar refractivity (Wildman–Crippen MR) is 58.6 cm³/mol. The number of rotatable bonds is 3. The van der Waals surface area contributed by atoms with E-state index in [-0.39, 0.29) is 0 Å². The van der Waals surface area contributed by atoms with E-state index in [9.17, 15) is 4.21 Å². The van der Waals surface area contributed by atoms with Crippen LogP contribution in [0.15, 0.2) is 28.1 Å². The summed E-state index contributed by atoms with van der Waals surface area (Å²) in [5.41, 5.74) is 3.54. The Kier molecular flexibility index (Phi) is 2.74. The maximum atomic E-state index is 11.4. The molecule has 0 saturated carbocycles. The first-order valence-electron chi connectivity index (χ1n) is 4.53. The van der Waals surface area contributed by atoms with Gasteiger partial charge in [-0.2, -0.15) is 0 Å². The number of aliphatic imine (C=N–C) groups is 1. The van der Waals surface area contributed by atoms with Crippen molar-refractivity contribution in [1.29, 1.82) is 0 Å². The van der Waals surface area contributed by atoms with Crippen molar-refractivity contribution in [3.8, 4) is 0 Å². The number of fused-ring (bicyclic) bond motifs is 1. The Hall–Kier alpha value is -1.00. The number of benzene rings is 1. The Bertz CT molecular complexity index is 401. The zero-order valence-electron chi connectivity index (χ0n) is 7.99. The molecular weight excluding hydrogens is 196 g/mol. The molecular formula is C10H12N2OS. The molecule has 3 nitrogen and oxygen atoms in total. The van der Waals surface area contributed by atoms with Gasteiger partial charge in [0.1, 0.15) is 0 Å². The van der Waals surface area contributed by atoms with Crippen molar-refractivity contribution < 1.29 is 4.21 Å². The van der Waals surface area contributed by atoms with Crippen LogP contribution in [-0.4, -0.2) is 23.3 Å². The van der Waals surface area contributed by atoms with Gasteiger partial charge in [0, 0.05) is 0 Å².